The van der Waals surface area contributed by atoms with Gasteiger partial charge >= 0.3 is 5.97 Å². The Labute approximate surface area is 159 Å². The standard InChI is InChI=1S/C19H19FN2O4S/c1-11-9-14(21-16(23)12-5-4-6-13(20)10-12)27-15(11)17(24)22-19(18(25)26)7-2-3-8-19/h4-6,9-10H,2-3,7-8H2,1H3,(H,21,23)(H,22,24)(H,25,26). The van der Waals surface area contributed by atoms with Gasteiger partial charge in [0.1, 0.15) is 11.4 Å². The molecule has 1 aromatic heterocycles. The highest BCUT2D eigenvalue weighted by atomic mass is 32.1. The summed E-state index contributed by atoms with van der Waals surface area (Å²) in [6, 6.07) is 6.94. The maximum atomic E-state index is 13.3. The molecule has 2 amide bonds. The third kappa shape index (κ3) is 4.00. The molecule has 0 spiro atoms. The molecule has 0 atom stereocenters. The van der Waals surface area contributed by atoms with Crippen LogP contribution in [0.3, 0.4) is 0 Å². The number of carbonyl (C=O) groups excluding carboxylic acids is 2. The number of aryl methyl sites for hydroxylation is 1. The molecule has 0 unspecified atom stereocenters. The quantitative estimate of drug-likeness (QED) is 0.727. The van der Waals surface area contributed by atoms with E-state index in [1.165, 1.54) is 18.2 Å². The molecule has 0 aliphatic heterocycles. The molecule has 1 aromatic carbocycles. The number of halogens is 1. The third-order valence-electron chi connectivity index (χ3n) is 4.67. The number of amides is 2. The van der Waals surface area contributed by atoms with Gasteiger partial charge in [0.2, 0.25) is 0 Å². The molecule has 0 radical (unpaired) electrons. The van der Waals surface area contributed by atoms with Gasteiger partial charge in [0.05, 0.1) is 9.88 Å². The maximum absolute atomic E-state index is 13.3. The summed E-state index contributed by atoms with van der Waals surface area (Å²) in [5, 5.41) is 15.2. The van der Waals surface area contributed by atoms with Crippen molar-refractivity contribution in [1.82, 2.24) is 5.32 Å². The van der Waals surface area contributed by atoms with Gasteiger partial charge in [0.25, 0.3) is 11.8 Å². The number of thiophene rings is 1. The molecule has 1 aliphatic carbocycles. The van der Waals surface area contributed by atoms with Crippen molar-refractivity contribution in [3.8, 4) is 0 Å². The summed E-state index contributed by atoms with van der Waals surface area (Å²) in [5.41, 5.74) is -0.424. The van der Waals surface area contributed by atoms with Crippen molar-refractivity contribution < 1.29 is 23.9 Å². The van der Waals surface area contributed by atoms with Crippen LogP contribution >= 0.6 is 11.3 Å². The molecule has 3 N–H and O–H groups in total. The summed E-state index contributed by atoms with van der Waals surface area (Å²) in [7, 11) is 0. The van der Waals surface area contributed by atoms with Crippen molar-refractivity contribution in [2.45, 2.75) is 38.1 Å². The molecule has 2 aromatic rings. The highest BCUT2D eigenvalue weighted by Crippen LogP contribution is 2.32. The van der Waals surface area contributed by atoms with Crippen LogP contribution in [0.4, 0.5) is 9.39 Å². The first-order chi connectivity index (χ1) is 12.8. The van der Waals surface area contributed by atoms with Crippen molar-refractivity contribution in [1.29, 1.82) is 0 Å². The minimum Gasteiger partial charge on any atom is -0.480 e. The van der Waals surface area contributed by atoms with Gasteiger partial charge in [-0.15, -0.1) is 11.3 Å². The molecule has 27 heavy (non-hydrogen) atoms. The van der Waals surface area contributed by atoms with Crippen LogP contribution in [0.2, 0.25) is 0 Å². The van der Waals surface area contributed by atoms with E-state index in [0.29, 0.717) is 28.3 Å². The van der Waals surface area contributed by atoms with E-state index in [4.69, 9.17) is 0 Å². The summed E-state index contributed by atoms with van der Waals surface area (Å²) < 4.78 is 13.3. The van der Waals surface area contributed by atoms with Crippen molar-refractivity contribution >= 4 is 34.1 Å². The minimum absolute atomic E-state index is 0.169. The maximum Gasteiger partial charge on any atom is 0.329 e. The zero-order valence-electron chi connectivity index (χ0n) is 14.7. The fourth-order valence-electron chi connectivity index (χ4n) is 3.23. The number of hydrogen-bond donors (Lipinski definition) is 3. The summed E-state index contributed by atoms with van der Waals surface area (Å²) >= 11 is 1.06. The first-order valence-corrected chi connectivity index (χ1v) is 9.36. The van der Waals surface area contributed by atoms with Gasteiger partial charge in [0, 0.05) is 5.56 Å². The van der Waals surface area contributed by atoms with Crippen LogP contribution in [0, 0.1) is 12.7 Å². The van der Waals surface area contributed by atoms with Crippen LogP contribution in [0.5, 0.6) is 0 Å². The summed E-state index contributed by atoms with van der Waals surface area (Å²) in [6.07, 6.45) is 2.32. The topological polar surface area (TPSA) is 95.5 Å². The molecule has 8 heteroatoms. The van der Waals surface area contributed by atoms with Gasteiger partial charge in [-0.25, -0.2) is 9.18 Å². The second-order valence-corrected chi connectivity index (χ2v) is 7.69. The second-order valence-electron chi connectivity index (χ2n) is 6.64. The Bertz CT molecular complexity index is 903. The molecule has 0 saturated heterocycles. The van der Waals surface area contributed by atoms with Crippen molar-refractivity contribution in [2.75, 3.05) is 5.32 Å². The van der Waals surface area contributed by atoms with Gasteiger partial charge < -0.3 is 15.7 Å². The van der Waals surface area contributed by atoms with Crippen molar-refractivity contribution in [3.63, 3.8) is 0 Å². The number of benzene rings is 1. The Morgan fingerprint density at radius 1 is 1.15 bits per heavy atom. The number of nitrogens with one attached hydrogen (secondary N) is 2. The number of carboxylic acid groups (broad SMARTS) is 1. The number of hydrogen-bond acceptors (Lipinski definition) is 4. The second kappa shape index (κ2) is 7.48. The molecule has 3 rings (SSSR count). The molecule has 142 valence electrons. The molecule has 1 aliphatic rings. The van der Waals surface area contributed by atoms with Crippen molar-refractivity contribution in [2.24, 2.45) is 0 Å². The number of carbonyl (C=O) groups is 3. The van der Waals surface area contributed by atoms with E-state index >= 15 is 0 Å². The van der Waals surface area contributed by atoms with E-state index in [1.54, 1.807) is 13.0 Å². The summed E-state index contributed by atoms with van der Waals surface area (Å²) in [4.78, 5) is 36.8. The van der Waals surface area contributed by atoms with Gasteiger partial charge in [-0.2, -0.15) is 0 Å². The average molecular weight is 390 g/mol. The number of rotatable bonds is 5. The summed E-state index contributed by atoms with van der Waals surface area (Å²) in [5.74, 6) is -2.49. The van der Waals surface area contributed by atoms with E-state index in [-0.39, 0.29) is 5.56 Å². The smallest absolute Gasteiger partial charge is 0.329 e. The number of carboxylic acids is 1. The highest BCUT2D eigenvalue weighted by Gasteiger charge is 2.43. The zero-order valence-corrected chi connectivity index (χ0v) is 15.5. The average Bonchev–Trinajstić information content (AvgIpc) is 3.22. The largest absolute Gasteiger partial charge is 0.480 e. The van der Waals surface area contributed by atoms with Crippen molar-refractivity contribution in [3.05, 3.63) is 52.2 Å². The van der Waals surface area contributed by atoms with Gasteiger partial charge in [-0.3, -0.25) is 9.59 Å². The Kier molecular flexibility index (Phi) is 5.27. The van der Waals surface area contributed by atoms with E-state index in [1.807, 2.05) is 0 Å². The monoisotopic (exact) mass is 390 g/mol. The lowest BCUT2D eigenvalue weighted by Gasteiger charge is -2.25. The minimum atomic E-state index is -1.22. The Balaban J connectivity index is 1.75. The molecule has 1 heterocycles. The van der Waals surface area contributed by atoms with E-state index in [0.717, 1.165) is 30.2 Å². The summed E-state index contributed by atoms with van der Waals surface area (Å²) in [6.45, 7) is 1.71. The lowest BCUT2D eigenvalue weighted by atomic mass is 9.97. The SMILES string of the molecule is Cc1cc(NC(=O)c2cccc(F)c2)sc1C(=O)NC1(C(=O)O)CCCC1. The highest BCUT2D eigenvalue weighted by molar-refractivity contribution is 7.18. The predicted octanol–water partition coefficient (Wildman–Crippen LogP) is 3.58. The molecule has 0 bridgehead atoms. The van der Waals surface area contributed by atoms with E-state index in [9.17, 15) is 23.9 Å². The van der Waals surface area contributed by atoms with Gasteiger partial charge in [0.15, 0.2) is 0 Å². The molecule has 1 saturated carbocycles. The fourth-order valence-corrected chi connectivity index (χ4v) is 4.19. The molecular formula is C19H19FN2O4S. The van der Waals surface area contributed by atoms with Crippen LogP contribution in [0.25, 0.3) is 0 Å². The first kappa shape index (κ1) is 19.0. The molecular weight excluding hydrogens is 371 g/mol. The normalized spacial score (nSPS) is 15.3. The van der Waals surface area contributed by atoms with E-state index in [2.05, 4.69) is 10.6 Å². The Morgan fingerprint density at radius 2 is 1.85 bits per heavy atom. The Hall–Kier alpha value is -2.74. The number of aliphatic carboxylic acids is 1. The lowest BCUT2D eigenvalue weighted by Crippen LogP contribution is -2.52. The first-order valence-electron chi connectivity index (χ1n) is 8.54. The fraction of sp³-hybridized carbons (Fsp3) is 0.316. The van der Waals surface area contributed by atoms with Gasteiger partial charge in [-0.1, -0.05) is 18.9 Å². The zero-order chi connectivity index (χ0) is 19.6. The third-order valence-corrected chi connectivity index (χ3v) is 5.82. The molecule has 6 nitrogen and oxygen atoms in total. The van der Waals surface area contributed by atoms with Crippen LogP contribution in [-0.4, -0.2) is 28.4 Å². The lowest BCUT2D eigenvalue weighted by molar-refractivity contribution is -0.144. The van der Waals surface area contributed by atoms with Crippen LogP contribution in [0.1, 0.15) is 51.3 Å². The van der Waals surface area contributed by atoms with Gasteiger partial charge in [-0.05, 0) is 49.6 Å². The Morgan fingerprint density at radius 3 is 2.48 bits per heavy atom. The number of anilines is 1. The molecule has 1 fully saturated rings. The van der Waals surface area contributed by atoms with Crippen LogP contribution < -0.4 is 10.6 Å². The van der Waals surface area contributed by atoms with Crippen LogP contribution in [-0.2, 0) is 4.79 Å². The van der Waals surface area contributed by atoms with Crippen LogP contribution in [0.15, 0.2) is 30.3 Å². The van der Waals surface area contributed by atoms with E-state index < -0.39 is 29.1 Å². The predicted molar refractivity (Wildman–Crippen MR) is 99.7 cm³/mol.